The van der Waals surface area contributed by atoms with Crippen molar-refractivity contribution in [3.05, 3.63) is 0 Å². The van der Waals surface area contributed by atoms with Crippen molar-refractivity contribution in [2.24, 2.45) is 45.6 Å². The van der Waals surface area contributed by atoms with Crippen molar-refractivity contribution in [1.29, 1.82) is 0 Å². The highest BCUT2D eigenvalue weighted by molar-refractivity contribution is 5.62. The van der Waals surface area contributed by atoms with Gasteiger partial charge in [0.1, 0.15) is 6.61 Å². The van der Waals surface area contributed by atoms with Gasteiger partial charge in [-0.2, -0.15) is 0 Å². The van der Waals surface area contributed by atoms with Crippen LogP contribution in [0.5, 0.6) is 0 Å². The van der Waals surface area contributed by atoms with Gasteiger partial charge in [0.05, 0.1) is 6.10 Å². The van der Waals surface area contributed by atoms with Crippen LogP contribution in [0.3, 0.4) is 0 Å². The number of likely N-dealkylation sites (N-methyl/N-ethyl adjacent to an activating group) is 1. The van der Waals surface area contributed by atoms with Gasteiger partial charge in [0.25, 0.3) is 0 Å². The van der Waals surface area contributed by atoms with Crippen molar-refractivity contribution in [3.8, 4) is 0 Å². The molecule has 0 aromatic heterocycles. The molecule has 8 atom stereocenters. The first-order chi connectivity index (χ1) is 13.3. The number of hydrogen-bond acceptors (Lipinski definition) is 4. The van der Waals surface area contributed by atoms with Crippen molar-refractivity contribution in [2.75, 3.05) is 27.2 Å². The summed E-state index contributed by atoms with van der Waals surface area (Å²) in [6.45, 7) is 6.72. The van der Waals surface area contributed by atoms with E-state index in [-0.39, 0.29) is 6.10 Å². The maximum absolute atomic E-state index is 10.2. The molecule has 0 aliphatic heterocycles. The van der Waals surface area contributed by atoms with Crippen LogP contribution in [0.25, 0.3) is 0 Å². The Labute approximate surface area is 172 Å². The molecule has 0 heterocycles. The molecule has 0 aromatic carbocycles. The molecule has 0 radical (unpaired) electrons. The number of aliphatic hydroxyl groups is 1. The van der Waals surface area contributed by atoms with E-state index in [1.807, 2.05) is 0 Å². The molecule has 0 amide bonds. The second-order valence-electron chi connectivity index (χ2n) is 11.2. The topological polar surface area (TPSA) is 45.1 Å². The van der Waals surface area contributed by atoms with Crippen molar-refractivity contribution in [1.82, 2.24) is 4.90 Å². The quantitative estimate of drug-likeness (QED) is 0.425. The number of rotatable bonds is 5. The standard InChI is InChI=1S/C24H42N2O2/c1-23-11-9-19(27)15-17(23)5-7-20-21-8-6-18(16-25-28-14-13-26(3)4)24(21,2)12-10-22(20)23/h16-22,27H,5-15H2,1-4H3/b25-16+/t17?,18?,19?,20-,21-,22+,23-,24+/m0/s1. The maximum Gasteiger partial charge on any atom is 0.129 e. The molecule has 4 nitrogen and oxygen atoms in total. The fourth-order valence-corrected chi connectivity index (χ4v) is 7.91. The lowest BCUT2D eigenvalue weighted by Crippen LogP contribution is -2.54. The Bertz CT molecular complexity index is 579. The van der Waals surface area contributed by atoms with Crippen LogP contribution in [0, 0.1) is 40.4 Å². The molecule has 4 aliphatic rings. The van der Waals surface area contributed by atoms with Crippen LogP contribution in [-0.4, -0.2) is 49.6 Å². The normalized spacial score (nSPS) is 48.4. The largest absolute Gasteiger partial charge is 0.395 e. The third kappa shape index (κ3) is 3.53. The predicted octanol–water partition coefficient (Wildman–Crippen LogP) is 4.57. The lowest BCUT2D eigenvalue weighted by atomic mass is 9.45. The Morgan fingerprint density at radius 1 is 1.00 bits per heavy atom. The van der Waals surface area contributed by atoms with Crippen LogP contribution in [0.2, 0.25) is 0 Å². The minimum Gasteiger partial charge on any atom is -0.395 e. The minimum absolute atomic E-state index is 0.0388. The van der Waals surface area contributed by atoms with Gasteiger partial charge in [-0.3, -0.25) is 0 Å². The minimum atomic E-state index is -0.0388. The predicted molar refractivity (Wildman–Crippen MR) is 114 cm³/mol. The fourth-order valence-electron chi connectivity index (χ4n) is 7.91. The number of aliphatic hydroxyl groups excluding tert-OH is 1. The molecule has 4 fully saturated rings. The van der Waals surface area contributed by atoms with E-state index < -0.39 is 0 Å². The lowest BCUT2D eigenvalue weighted by Gasteiger charge is -2.60. The summed E-state index contributed by atoms with van der Waals surface area (Å²) >= 11 is 0. The van der Waals surface area contributed by atoms with Crippen LogP contribution in [0.4, 0.5) is 0 Å². The van der Waals surface area contributed by atoms with Gasteiger partial charge in [0, 0.05) is 18.7 Å². The Hall–Kier alpha value is -0.610. The van der Waals surface area contributed by atoms with Gasteiger partial charge in [-0.05, 0) is 106 Å². The first-order valence-electron chi connectivity index (χ1n) is 11.8. The van der Waals surface area contributed by atoms with Crippen molar-refractivity contribution in [3.63, 3.8) is 0 Å². The molecule has 0 spiro atoms. The van der Waals surface area contributed by atoms with Gasteiger partial charge in [-0.15, -0.1) is 0 Å². The summed E-state index contributed by atoms with van der Waals surface area (Å²) in [4.78, 5) is 7.67. The average molecular weight is 391 g/mol. The third-order valence-corrected chi connectivity index (χ3v) is 9.66. The molecular weight excluding hydrogens is 348 g/mol. The van der Waals surface area contributed by atoms with E-state index in [1.54, 1.807) is 0 Å². The van der Waals surface area contributed by atoms with E-state index >= 15 is 0 Å². The van der Waals surface area contributed by atoms with E-state index in [2.05, 4.69) is 44.2 Å². The van der Waals surface area contributed by atoms with Crippen molar-refractivity contribution in [2.45, 2.75) is 77.7 Å². The van der Waals surface area contributed by atoms with Crippen molar-refractivity contribution >= 4 is 6.21 Å². The van der Waals surface area contributed by atoms with Crippen LogP contribution in [-0.2, 0) is 4.84 Å². The molecule has 1 N–H and O–H groups in total. The molecule has 160 valence electrons. The summed E-state index contributed by atoms with van der Waals surface area (Å²) in [5, 5.41) is 14.6. The van der Waals surface area contributed by atoms with E-state index in [0.717, 1.165) is 43.1 Å². The summed E-state index contributed by atoms with van der Waals surface area (Å²) < 4.78 is 0. The van der Waals surface area contributed by atoms with Gasteiger partial charge in [-0.1, -0.05) is 19.0 Å². The zero-order valence-electron chi connectivity index (χ0n) is 18.6. The highest BCUT2D eigenvalue weighted by Gasteiger charge is 2.59. The van der Waals surface area contributed by atoms with Gasteiger partial charge >= 0.3 is 0 Å². The SMILES string of the molecule is CN(C)CCO/N=C/C1CC[C@H]2[C@@H]3CCC4CC(O)CC[C@]4(C)[C@@H]3CC[C@]12C. The Balaban J connectivity index is 1.43. The smallest absolute Gasteiger partial charge is 0.129 e. The van der Waals surface area contributed by atoms with E-state index in [0.29, 0.717) is 23.4 Å². The van der Waals surface area contributed by atoms with Gasteiger partial charge in [0.2, 0.25) is 0 Å². The zero-order chi connectivity index (χ0) is 19.9. The monoisotopic (exact) mass is 390 g/mol. The maximum atomic E-state index is 10.2. The summed E-state index contributed by atoms with van der Waals surface area (Å²) in [5.74, 6) is 3.96. The number of nitrogens with zero attached hydrogens (tertiary/aromatic N) is 2. The van der Waals surface area contributed by atoms with E-state index in [4.69, 9.17) is 4.84 Å². The molecule has 4 heteroatoms. The summed E-state index contributed by atoms with van der Waals surface area (Å²) in [6, 6.07) is 0. The highest BCUT2D eigenvalue weighted by atomic mass is 16.6. The number of oxime groups is 1. The molecule has 0 saturated heterocycles. The van der Waals surface area contributed by atoms with Gasteiger partial charge in [-0.25, -0.2) is 0 Å². The van der Waals surface area contributed by atoms with Crippen LogP contribution in [0.1, 0.15) is 71.6 Å². The summed E-state index contributed by atoms with van der Waals surface area (Å²) in [5.41, 5.74) is 0.887. The molecule has 28 heavy (non-hydrogen) atoms. The first kappa shape index (κ1) is 20.7. The van der Waals surface area contributed by atoms with Gasteiger partial charge < -0.3 is 14.8 Å². The second-order valence-corrected chi connectivity index (χ2v) is 11.2. The molecule has 0 aromatic rings. The van der Waals surface area contributed by atoms with Gasteiger partial charge in [0.15, 0.2) is 0 Å². The van der Waals surface area contributed by atoms with E-state index in [1.165, 1.54) is 44.9 Å². The fraction of sp³-hybridized carbons (Fsp3) is 0.958. The Morgan fingerprint density at radius 2 is 1.75 bits per heavy atom. The molecule has 4 rings (SSSR count). The van der Waals surface area contributed by atoms with E-state index in [9.17, 15) is 5.11 Å². The molecule has 4 saturated carbocycles. The molecule has 0 bridgehead atoms. The molecular formula is C24H42N2O2. The first-order valence-corrected chi connectivity index (χ1v) is 11.8. The average Bonchev–Trinajstić information content (AvgIpc) is 2.98. The van der Waals surface area contributed by atoms with Crippen LogP contribution in [0.15, 0.2) is 5.16 Å². The summed E-state index contributed by atoms with van der Waals surface area (Å²) in [7, 11) is 4.13. The van der Waals surface area contributed by atoms with Crippen molar-refractivity contribution < 1.29 is 9.94 Å². The second kappa shape index (κ2) is 7.91. The van der Waals surface area contributed by atoms with Crippen LogP contribution < -0.4 is 0 Å². The Kier molecular flexibility index (Phi) is 5.83. The summed E-state index contributed by atoms with van der Waals surface area (Å²) in [6.07, 6.45) is 13.6. The lowest BCUT2D eigenvalue weighted by molar-refractivity contribution is -0.123. The highest BCUT2D eigenvalue weighted by Crippen LogP contribution is 2.67. The van der Waals surface area contributed by atoms with Crippen LogP contribution >= 0.6 is 0 Å². The Morgan fingerprint density at radius 3 is 2.54 bits per heavy atom. The zero-order valence-corrected chi connectivity index (χ0v) is 18.6. The number of hydrogen-bond donors (Lipinski definition) is 1. The molecule has 4 aliphatic carbocycles. The molecule has 3 unspecified atom stereocenters. The third-order valence-electron chi connectivity index (χ3n) is 9.66. The number of fused-ring (bicyclic) bond motifs is 5.